The number of anilines is 2. The number of rotatable bonds is 4. The summed E-state index contributed by atoms with van der Waals surface area (Å²) in [5, 5.41) is 11.3. The Morgan fingerprint density at radius 1 is 1.03 bits per heavy atom. The molecule has 1 unspecified atom stereocenters. The summed E-state index contributed by atoms with van der Waals surface area (Å²) in [7, 11) is 0. The van der Waals surface area contributed by atoms with Crippen LogP contribution >= 0.6 is 11.3 Å². The molecule has 0 spiro atoms. The highest BCUT2D eigenvalue weighted by Crippen LogP contribution is 2.32. The highest BCUT2D eigenvalue weighted by Gasteiger charge is 2.35. The third-order valence-corrected chi connectivity index (χ3v) is 5.96. The van der Waals surface area contributed by atoms with E-state index in [0.717, 1.165) is 21.0 Å². The van der Waals surface area contributed by atoms with Gasteiger partial charge in [-0.2, -0.15) is 5.10 Å². The fourth-order valence-corrected chi connectivity index (χ4v) is 4.45. The van der Waals surface area contributed by atoms with Crippen molar-refractivity contribution in [1.29, 1.82) is 0 Å². The van der Waals surface area contributed by atoms with Crippen molar-refractivity contribution in [3.05, 3.63) is 66.7 Å². The fraction of sp³-hybridized carbons (Fsp3) is 0.0909. The molecule has 1 aromatic heterocycles. The summed E-state index contributed by atoms with van der Waals surface area (Å²) < 4.78 is 0.985. The Labute approximate surface area is 175 Å². The molecule has 3 N–H and O–H groups in total. The van der Waals surface area contributed by atoms with Gasteiger partial charge in [0.25, 0.3) is 5.91 Å². The molecule has 5 rings (SSSR count). The monoisotopic (exact) mass is 415 g/mol. The third-order valence-electron chi connectivity index (χ3n) is 5.03. The number of hydrogen-bond acceptors (Lipinski definition) is 6. The van der Waals surface area contributed by atoms with Crippen molar-refractivity contribution in [2.24, 2.45) is 10.8 Å². The van der Waals surface area contributed by atoms with Crippen molar-refractivity contribution in [3.8, 4) is 0 Å². The number of hydrogen-bond donors (Lipinski definition) is 2. The van der Waals surface area contributed by atoms with Crippen molar-refractivity contribution < 1.29 is 9.59 Å². The molecule has 0 saturated heterocycles. The minimum atomic E-state index is -0.701. The van der Waals surface area contributed by atoms with Crippen LogP contribution < -0.4 is 16.1 Å². The van der Waals surface area contributed by atoms with Crippen LogP contribution in [0.2, 0.25) is 0 Å². The smallest absolute Gasteiger partial charge is 0.273 e. The van der Waals surface area contributed by atoms with Gasteiger partial charge in [-0.05, 0) is 23.6 Å². The second-order valence-corrected chi connectivity index (χ2v) is 7.99. The van der Waals surface area contributed by atoms with E-state index in [-0.39, 0.29) is 18.0 Å². The average molecular weight is 415 g/mol. The van der Waals surface area contributed by atoms with Gasteiger partial charge in [0.15, 0.2) is 5.13 Å². The number of aromatic nitrogens is 1. The first-order valence-corrected chi connectivity index (χ1v) is 10.2. The van der Waals surface area contributed by atoms with E-state index in [9.17, 15) is 9.59 Å². The molecule has 0 saturated carbocycles. The van der Waals surface area contributed by atoms with Crippen molar-refractivity contribution in [3.63, 3.8) is 0 Å². The van der Waals surface area contributed by atoms with Crippen LogP contribution in [-0.2, 0) is 9.59 Å². The van der Waals surface area contributed by atoms with Crippen LogP contribution in [0, 0.1) is 0 Å². The van der Waals surface area contributed by atoms with E-state index in [0.29, 0.717) is 10.8 Å². The van der Waals surface area contributed by atoms with Gasteiger partial charge in [-0.25, -0.2) is 4.98 Å². The number of thiazole rings is 1. The number of nitrogens with one attached hydrogen (secondary N) is 1. The molecule has 1 atom stereocenters. The molecule has 148 valence electrons. The first-order valence-electron chi connectivity index (χ1n) is 9.41. The number of amides is 2. The predicted molar refractivity (Wildman–Crippen MR) is 120 cm³/mol. The van der Waals surface area contributed by atoms with Crippen molar-refractivity contribution >= 4 is 60.7 Å². The van der Waals surface area contributed by atoms with E-state index in [4.69, 9.17) is 5.73 Å². The Kier molecular flexibility index (Phi) is 4.40. The standard InChI is InChI=1S/C22H17N5O2S/c23-20(28)17-12-16(26-27(17)14-7-2-1-3-8-14)21(29)25-22-24-19-15-9-5-4-6-13(15)10-11-18(19)30-22/h1-11,17H,12H2,(H2,23,28)(H,24,25,29). The van der Waals surface area contributed by atoms with Gasteiger partial charge < -0.3 is 5.73 Å². The Morgan fingerprint density at radius 3 is 2.60 bits per heavy atom. The summed E-state index contributed by atoms with van der Waals surface area (Å²) in [6, 6.07) is 20.5. The van der Waals surface area contributed by atoms with E-state index < -0.39 is 11.9 Å². The number of benzene rings is 3. The Bertz CT molecular complexity index is 1320. The largest absolute Gasteiger partial charge is 0.368 e. The van der Waals surface area contributed by atoms with E-state index in [1.54, 1.807) is 0 Å². The lowest BCUT2D eigenvalue weighted by Crippen LogP contribution is -2.39. The SMILES string of the molecule is NC(=O)C1CC(C(=O)Nc2nc3c(ccc4ccccc43)s2)=NN1c1ccccc1. The Balaban J connectivity index is 1.43. The zero-order valence-corrected chi connectivity index (χ0v) is 16.6. The maximum absolute atomic E-state index is 12.8. The van der Waals surface area contributed by atoms with Gasteiger partial charge in [0.05, 0.1) is 15.9 Å². The number of carbonyl (C=O) groups is 2. The second-order valence-electron chi connectivity index (χ2n) is 6.96. The second kappa shape index (κ2) is 7.23. The summed E-state index contributed by atoms with van der Waals surface area (Å²) in [5.41, 5.74) is 7.34. The average Bonchev–Trinajstić information content (AvgIpc) is 3.39. The van der Waals surface area contributed by atoms with Crippen LogP contribution in [0.5, 0.6) is 0 Å². The topological polar surface area (TPSA) is 101 Å². The van der Waals surface area contributed by atoms with Crippen LogP contribution in [0.25, 0.3) is 21.0 Å². The van der Waals surface area contributed by atoms with Gasteiger partial charge in [0.1, 0.15) is 11.8 Å². The maximum atomic E-state index is 12.8. The van der Waals surface area contributed by atoms with E-state index in [1.807, 2.05) is 66.7 Å². The third kappa shape index (κ3) is 3.17. The van der Waals surface area contributed by atoms with Crippen molar-refractivity contribution in [2.45, 2.75) is 12.5 Å². The summed E-state index contributed by atoms with van der Waals surface area (Å²) >= 11 is 1.40. The molecule has 3 aromatic carbocycles. The zero-order chi connectivity index (χ0) is 20.7. The van der Waals surface area contributed by atoms with Gasteiger partial charge in [-0.1, -0.05) is 59.9 Å². The molecule has 0 bridgehead atoms. The molecular formula is C22H17N5O2S. The highest BCUT2D eigenvalue weighted by molar-refractivity contribution is 7.22. The van der Waals surface area contributed by atoms with Crippen LogP contribution in [0.3, 0.4) is 0 Å². The minimum Gasteiger partial charge on any atom is -0.368 e. The number of hydrazone groups is 1. The first-order chi connectivity index (χ1) is 14.6. The number of primary amides is 1. The molecule has 1 aliphatic rings. The van der Waals surface area contributed by atoms with E-state index >= 15 is 0 Å². The quantitative estimate of drug-likeness (QED) is 0.533. The Hall–Kier alpha value is -3.78. The fourth-order valence-electron chi connectivity index (χ4n) is 3.57. The van der Waals surface area contributed by atoms with Crippen LogP contribution in [-0.4, -0.2) is 28.6 Å². The maximum Gasteiger partial charge on any atom is 0.273 e. The molecule has 2 amide bonds. The minimum absolute atomic E-state index is 0.143. The van der Waals surface area contributed by atoms with Gasteiger partial charge in [0.2, 0.25) is 5.91 Å². The summed E-state index contributed by atoms with van der Waals surface area (Å²) in [5.74, 6) is -0.917. The number of para-hydroxylation sites is 1. The molecule has 1 aliphatic heterocycles. The normalized spacial score (nSPS) is 16.1. The van der Waals surface area contributed by atoms with E-state index in [1.165, 1.54) is 16.3 Å². The highest BCUT2D eigenvalue weighted by atomic mass is 32.1. The van der Waals surface area contributed by atoms with Gasteiger partial charge >= 0.3 is 0 Å². The summed E-state index contributed by atoms with van der Waals surface area (Å²) in [4.78, 5) is 29.4. The van der Waals surface area contributed by atoms with Crippen LogP contribution in [0.4, 0.5) is 10.8 Å². The molecule has 0 fully saturated rings. The van der Waals surface area contributed by atoms with Crippen molar-refractivity contribution in [1.82, 2.24) is 4.98 Å². The predicted octanol–water partition coefficient (Wildman–Crippen LogP) is 3.51. The summed E-state index contributed by atoms with van der Waals surface area (Å²) in [6.45, 7) is 0. The molecule has 2 heterocycles. The molecule has 8 heteroatoms. The molecular weight excluding hydrogens is 398 g/mol. The van der Waals surface area contributed by atoms with Crippen LogP contribution in [0.1, 0.15) is 6.42 Å². The summed E-state index contributed by atoms with van der Waals surface area (Å²) in [6.07, 6.45) is 0.143. The number of carbonyl (C=O) groups excluding carboxylic acids is 2. The number of nitrogens with zero attached hydrogens (tertiary/aromatic N) is 3. The zero-order valence-electron chi connectivity index (χ0n) is 15.8. The lowest BCUT2D eigenvalue weighted by molar-refractivity contribution is -0.119. The number of fused-ring (bicyclic) bond motifs is 3. The molecule has 0 aliphatic carbocycles. The van der Waals surface area contributed by atoms with Crippen molar-refractivity contribution in [2.75, 3.05) is 10.3 Å². The van der Waals surface area contributed by atoms with Gasteiger partial charge in [-0.3, -0.25) is 19.9 Å². The van der Waals surface area contributed by atoms with Gasteiger partial charge in [-0.15, -0.1) is 0 Å². The van der Waals surface area contributed by atoms with E-state index in [2.05, 4.69) is 15.4 Å². The Morgan fingerprint density at radius 2 is 1.80 bits per heavy atom. The molecule has 30 heavy (non-hydrogen) atoms. The van der Waals surface area contributed by atoms with Crippen LogP contribution in [0.15, 0.2) is 71.8 Å². The lowest BCUT2D eigenvalue weighted by Gasteiger charge is -2.20. The molecule has 0 radical (unpaired) electrons. The lowest BCUT2D eigenvalue weighted by atomic mass is 10.1. The first kappa shape index (κ1) is 18.3. The molecule has 4 aromatic rings. The van der Waals surface area contributed by atoms with Gasteiger partial charge in [0, 0.05) is 11.8 Å². The molecule has 7 nitrogen and oxygen atoms in total. The number of nitrogens with two attached hydrogens (primary N) is 1.